The Morgan fingerprint density at radius 2 is 2.00 bits per heavy atom. The quantitative estimate of drug-likeness (QED) is 0.412. The number of rotatable bonds is 9. The fourth-order valence-electron chi connectivity index (χ4n) is 3.64. The summed E-state index contributed by atoms with van der Waals surface area (Å²) in [6, 6.07) is 15.9. The van der Waals surface area contributed by atoms with E-state index in [0.717, 1.165) is 11.1 Å². The van der Waals surface area contributed by atoms with Crippen LogP contribution in [0.15, 0.2) is 65.9 Å². The van der Waals surface area contributed by atoms with Crippen LogP contribution in [0.1, 0.15) is 35.0 Å². The second-order valence-electron chi connectivity index (χ2n) is 7.68. The Hall–Kier alpha value is -3.79. The number of aromatic amines is 1. The Labute approximate surface area is 206 Å². The van der Waals surface area contributed by atoms with Crippen molar-refractivity contribution in [2.24, 2.45) is 5.10 Å². The van der Waals surface area contributed by atoms with Gasteiger partial charge in [-0.1, -0.05) is 30.8 Å². The Morgan fingerprint density at radius 3 is 2.66 bits per heavy atom. The van der Waals surface area contributed by atoms with Gasteiger partial charge in [0.2, 0.25) is 6.86 Å². The standard InChI is InChI=1S/C25H25FN4O4S/c1-3-22-23(17-8-11-20(33-2)21(13-17)34-15-26)29-30(25(32)35-22)14-16-6-9-18(10-7-16)28-24(31)19-5-4-12-27-19/h4-13,22,27H,3,14-15H2,1-2H3,(H,28,31). The van der Waals surface area contributed by atoms with Gasteiger partial charge in [0, 0.05) is 17.4 Å². The van der Waals surface area contributed by atoms with Crippen molar-refractivity contribution in [2.75, 3.05) is 19.3 Å². The van der Waals surface area contributed by atoms with E-state index in [1.165, 1.54) is 23.9 Å². The minimum absolute atomic E-state index is 0.143. The van der Waals surface area contributed by atoms with E-state index in [9.17, 15) is 14.0 Å². The zero-order valence-corrected chi connectivity index (χ0v) is 20.1. The first-order valence-electron chi connectivity index (χ1n) is 11.0. The Bertz CT molecular complexity index is 1210. The number of aromatic nitrogens is 1. The van der Waals surface area contributed by atoms with Gasteiger partial charge in [-0.25, -0.2) is 9.40 Å². The van der Waals surface area contributed by atoms with E-state index in [-0.39, 0.29) is 28.7 Å². The molecule has 8 nitrogen and oxygen atoms in total. The van der Waals surface area contributed by atoms with Crippen LogP contribution in [0.3, 0.4) is 0 Å². The molecule has 1 unspecified atom stereocenters. The van der Waals surface area contributed by atoms with Gasteiger partial charge in [0.05, 0.1) is 24.6 Å². The number of carbonyl (C=O) groups is 2. The zero-order valence-electron chi connectivity index (χ0n) is 19.3. The van der Waals surface area contributed by atoms with Gasteiger partial charge >= 0.3 is 5.24 Å². The second kappa shape index (κ2) is 11.1. The molecule has 182 valence electrons. The lowest BCUT2D eigenvalue weighted by molar-refractivity contribution is 0.102. The van der Waals surface area contributed by atoms with Crippen molar-refractivity contribution < 1.29 is 23.5 Å². The molecule has 0 aliphatic carbocycles. The Kier molecular flexibility index (Phi) is 7.71. The van der Waals surface area contributed by atoms with Crippen molar-refractivity contribution in [2.45, 2.75) is 25.1 Å². The number of anilines is 1. The minimum Gasteiger partial charge on any atom is -0.493 e. The van der Waals surface area contributed by atoms with Gasteiger partial charge in [-0.05, 0) is 54.4 Å². The first-order chi connectivity index (χ1) is 17.0. The van der Waals surface area contributed by atoms with Crippen LogP contribution in [0.25, 0.3) is 0 Å². The van der Waals surface area contributed by atoms with Crippen molar-refractivity contribution in [1.82, 2.24) is 9.99 Å². The van der Waals surface area contributed by atoms with Crippen molar-refractivity contribution in [3.63, 3.8) is 0 Å². The molecule has 0 bridgehead atoms. The number of alkyl halides is 1. The number of hydrogen-bond acceptors (Lipinski definition) is 6. The van der Waals surface area contributed by atoms with Gasteiger partial charge in [-0.15, -0.1) is 0 Å². The van der Waals surface area contributed by atoms with Crippen molar-refractivity contribution in [3.05, 3.63) is 77.6 Å². The molecule has 1 aliphatic rings. The van der Waals surface area contributed by atoms with Crippen LogP contribution < -0.4 is 14.8 Å². The average molecular weight is 497 g/mol. The summed E-state index contributed by atoms with van der Waals surface area (Å²) in [6.07, 6.45) is 2.38. The molecule has 1 aromatic heterocycles. The third kappa shape index (κ3) is 5.65. The molecule has 0 saturated heterocycles. The first-order valence-corrected chi connectivity index (χ1v) is 11.9. The molecule has 2 aromatic carbocycles. The van der Waals surface area contributed by atoms with Gasteiger partial charge in [-0.2, -0.15) is 5.10 Å². The van der Waals surface area contributed by atoms with E-state index in [1.807, 2.05) is 25.1 Å². The monoisotopic (exact) mass is 496 g/mol. The van der Waals surface area contributed by atoms with Crippen molar-refractivity contribution in [3.8, 4) is 11.5 Å². The number of H-pyrrole nitrogens is 1. The van der Waals surface area contributed by atoms with Crippen LogP contribution in [-0.2, 0) is 6.54 Å². The molecule has 2 heterocycles. The maximum atomic E-state index is 12.8. The van der Waals surface area contributed by atoms with Crippen molar-refractivity contribution in [1.29, 1.82) is 0 Å². The molecule has 3 aromatic rings. The number of nitrogens with one attached hydrogen (secondary N) is 2. The van der Waals surface area contributed by atoms with E-state index >= 15 is 0 Å². The zero-order chi connectivity index (χ0) is 24.8. The molecule has 35 heavy (non-hydrogen) atoms. The fraction of sp³-hybridized carbons (Fsp3) is 0.240. The van der Waals surface area contributed by atoms with Crippen LogP contribution in [-0.4, -0.2) is 46.1 Å². The summed E-state index contributed by atoms with van der Waals surface area (Å²) in [5.74, 6) is 0.455. The number of thioether (sulfide) groups is 1. The molecule has 1 atom stereocenters. The highest BCUT2D eigenvalue weighted by Crippen LogP contribution is 2.34. The third-order valence-electron chi connectivity index (χ3n) is 5.41. The summed E-state index contributed by atoms with van der Waals surface area (Å²) in [6.45, 7) is 1.27. The molecule has 0 radical (unpaired) electrons. The van der Waals surface area contributed by atoms with Crippen LogP contribution in [0.4, 0.5) is 14.9 Å². The summed E-state index contributed by atoms with van der Waals surface area (Å²) >= 11 is 1.21. The number of carbonyl (C=O) groups excluding carboxylic acids is 2. The van der Waals surface area contributed by atoms with Crippen molar-refractivity contribution >= 4 is 34.3 Å². The highest BCUT2D eigenvalue weighted by molar-refractivity contribution is 8.14. The summed E-state index contributed by atoms with van der Waals surface area (Å²) in [4.78, 5) is 27.9. The maximum absolute atomic E-state index is 12.8. The summed E-state index contributed by atoms with van der Waals surface area (Å²) < 4.78 is 23.2. The minimum atomic E-state index is -0.982. The molecule has 2 amide bonds. The normalized spacial score (nSPS) is 15.5. The molecule has 0 fully saturated rings. The molecule has 1 aliphatic heterocycles. The molecule has 10 heteroatoms. The number of nitrogens with zero attached hydrogens (tertiary/aromatic N) is 2. The highest BCUT2D eigenvalue weighted by Gasteiger charge is 2.30. The highest BCUT2D eigenvalue weighted by atomic mass is 32.2. The lowest BCUT2D eigenvalue weighted by Crippen LogP contribution is -2.34. The van der Waals surface area contributed by atoms with Crippen LogP contribution in [0.5, 0.6) is 11.5 Å². The lowest BCUT2D eigenvalue weighted by Gasteiger charge is -2.28. The molecular formula is C25H25FN4O4S. The maximum Gasteiger partial charge on any atom is 0.302 e. The molecule has 2 N–H and O–H groups in total. The third-order valence-corrected chi connectivity index (χ3v) is 6.67. The SMILES string of the molecule is CCC1SC(=O)N(Cc2ccc(NC(=O)c3ccc[nH]3)cc2)N=C1c1ccc(OC)c(OCF)c1. The first kappa shape index (κ1) is 24.3. The van der Waals surface area contributed by atoms with E-state index in [2.05, 4.69) is 15.4 Å². The van der Waals surface area contributed by atoms with Gasteiger partial charge in [-0.3, -0.25) is 9.59 Å². The largest absolute Gasteiger partial charge is 0.493 e. The number of hydrogen-bond donors (Lipinski definition) is 2. The average Bonchev–Trinajstić information content (AvgIpc) is 3.42. The number of benzene rings is 2. The smallest absolute Gasteiger partial charge is 0.302 e. The predicted octanol–water partition coefficient (Wildman–Crippen LogP) is 5.43. The number of ether oxygens (including phenoxy) is 2. The number of amides is 2. The topological polar surface area (TPSA) is 96.0 Å². The predicted molar refractivity (Wildman–Crippen MR) is 134 cm³/mol. The van der Waals surface area contributed by atoms with Crippen LogP contribution >= 0.6 is 11.8 Å². The number of methoxy groups -OCH3 is 1. The summed E-state index contributed by atoms with van der Waals surface area (Å²) in [7, 11) is 1.49. The molecule has 4 rings (SSSR count). The molecule has 0 spiro atoms. The molecule has 0 saturated carbocycles. The van der Waals surface area contributed by atoms with Gasteiger partial charge < -0.3 is 19.8 Å². The van der Waals surface area contributed by atoms with E-state index in [4.69, 9.17) is 9.47 Å². The Balaban J connectivity index is 1.53. The van der Waals surface area contributed by atoms with Gasteiger partial charge in [0.1, 0.15) is 5.69 Å². The van der Waals surface area contributed by atoms with Crippen LogP contribution in [0, 0.1) is 0 Å². The summed E-state index contributed by atoms with van der Waals surface area (Å²) in [5, 5.41) is 8.60. The number of hydrazone groups is 1. The molecular weight excluding hydrogens is 471 g/mol. The second-order valence-corrected chi connectivity index (χ2v) is 8.83. The van der Waals surface area contributed by atoms with E-state index in [0.29, 0.717) is 29.3 Å². The summed E-state index contributed by atoms with van der Waals surface area (Å²) in [5.41, 5.74) is 3.40. The van der Waals surface area contributed by atoms with Crippen LogP contribution in [0.2, 0.25) is 0 Å². The van der Waals surface area contributed by atoms with E-state index in [1.54, 1.807) is 42.6 Å². The fourth-order valence-corrected chi connectivity index (χ4v) is 4.57. The van der Waals surface area contributed by atoms with E-state index < -0.39 is 6.86 Å². The number of halogens is 1. The van der Waals surface area contributed by atoms with Gasteiger partial charge in [0.15, 0.2) is 11.5 Å². The van der Waals surface area contributed by atoms with Gasteiger partial charge in [0.25, 0.3) is 5.91 Å². The Morgan fingerprint density at radius 1 is 1.20 bits per heavy atom. The lowest BCUT2D eigenvalue weighted by atomic mass is 10.0.